The van der Waals surface area contributed by atoms with Gasteiger partial charge in [-0.2, -0.15) is 0 Å². The molecule has 1 heterocycles. The van der Waals surface area contributed by atoms with Gasteiger partial charge < -0.3 is 10.6 Å². The summed E-state index contributed by atoms with van der Waals surface area (Å²) in [6, 6.07) is 6.76. The Kier molecular flexibility index (Phi) is 2.42. The Bertz CT molecular complexity index is 468. The van der Waals surface area contributed by atoms with Crippen molar-refractivity contribution in [1.29, 1.82) is 0 Å². The van der Waals surface area contributed by atoms with E-state index in [0.717, 1.165) is 16.8 Å². The molecule has 1 aliphatic heterocycles. The smallest absolute Gasteiger partial charge is 0.239 e. The van der Waals surface area contributed by atoms with E-state index in [2.05, 4.69) is 6.07 Å². The number of nitrogens with two attached hydrogens (primary N) is 1. The van der Waals surface area contributed by atoms with Crippen molar-refractivity contribution in [3.05, 3.63) is 29.3 Å². The lowest BCUT2D eigenvalue weighted by atomic mass is 9.90. The van der Waals surface area contributed by atoms with Crippen LogP contribution in [0.15, 0.2) is 12.1 Å². The number of anilines is 1. The van der Waals surface area contributed by atoms with Gasteiger partial charge in [-0.25, -0.2) is 0 Å². The molecule has 0 spiro atoms. The molecule has 2 N–H and O–H groups in total. The first-order valence-corrected chi connectivity index (χ1v) is 5.09. The van der Waals surface area contributed by atoms with E-state index in [1.165, 1.54) is 4.90 Å². The number of carbonyl (C=O) groups is 2. The molecule has 0 fully saturated rings. The molecule has 16 heavy (non-hydrogen) atoms. The highest BCUT2D eigenvalue weighted by molar-refractivity contribution is 6.09. The van der Waals surface area contributed by atoms with Crippen LogP contribution in [0.4, 0.5) is 5.69 Å². The van der Waals surface area contributed by atoms with Crippen LogP contribution >= 0.6 is 0 Å². The minimum absolute atomic E-state index is 0.239. The third-order valence-corrected chi connectivity index (χ3v) is 2.91. The molecule has 83 valence electrons. The summed E-state index contributed by atoms with van der Waals surface area (Å²) in [4.78, 5) is 24.5. The number of hydrogen-bond acceptors (Lipinski definition) is 2. The van der Waals surface area contributed by atoms with Crippen LogP contribution in [0.3, 0.4) is 0 Å². The van der Waals surface area contributed by atoms with Gasteiger partial charge in [0, 0.05) is 12.7 Å². The number of benzene rings is 1. The summed E-state index contributed by atoms with van der Waals surface area (Å²) in [7, 11) is 1.65. The Morgan fingerprint density at radius 1 is 1.62 bits per heavy atom. The van der Waals surface area contributed by atoms with Crippen LogP contribution in [0.1, 0.15) is 11.1 Å². The van der Waals surface area contributed by atoms with E-state index in [-0.39, 0.29) is 5.91 Å². The molecule has 1 aromatic rings. The van der Waals surface area contributed by atoms with Crippen molar-refractivity contribution in [3.63, 3.8) is 0 Å². The molecular formula is C12H13N2O2. The zero-order valence-corrected chi connectivity index (χ0v) is 9.28. The number of carbonyl (C=O) groups excluding carboxylic acids is 2. The molecule has 1 aromatic carbocycles. The van der Waals surface area contributed by atoms with Gasteiger partial charge in [-0.3, -0.25) is 9.59 Å². The maximum Gasteiger partial charge on any atom is 0.239 e. The maximum absolute atomic E-state index is 11.8. The second-order valence-corrected chi connectivity index (χ2v) is 4.08. The normalized spacial score (nSPS) is 19.5. The molecular weight excluding hydrogens is 204 g/mol. The summed E-state index contributed by atoms with van der Waals surface area (Å²) < 4.78 is 0. The second-order valence-electron chi connectivity index (χ2n) is 4.08. The van der Waals surface area contributed by atoms with E-state index in [9.17, 15) is 9.59 Å². The highest BCUT2D eigenvalue weighted by atomic mass is 16.2. The first-order valence-electron chi connectivity index (χ1n) is 5.09. The lowest BCUT2D eigenvalue weighted by Gasteiger charge is -2.30. The van der Waals surface area contributed by atoms with Crippen LogP contribution in [0.25, 0.3) is 0 Å². The summed E-state index contributed by atoms with van der Waals surface area (Å²) in [5, 5.41) is 0. The Morgan fingerprint density at radius 2 is 2.31 bits per heavy atom. The van der Waals surface area contributed by atoms with E-state index in [4.69, 9.17) is 5.73 Å². The molecule has 0 saturated carbocycles. The van der Waals surface area contributed by atoms with Crippen molar-refractivity contribution in [2.75, 3.05) is 11.9 Å². The zero-order valence-electron chi connectivity index (χ0n) is 9.28. The van der Waals surface area contributed by atoms with Crippen molar-refractivity contribution >= 4 is 17.5 Å². The van der Waals surface area contributed by atoms with Crippen LogP contribution in [-0.4, -0.2) is 18.9 Å². The van der Waals surface area contributed by atoms with Crippen LogP contribution in [0.2, 0.25) is 0 Å². The summed E-state index contributed by atoms with van der Waals surface area (Å²) in [5.74, 6) is -1.54. The molecule has 0 aliphatic carbocycles. The quantitative estimate of drug-likeness (QED) is 0.693. The predicted molar refractivity (Wildman–Crippen MR) is 59.8 cm³/mol. The molecule has 1 aliphatic rings. The van der Waals surface area contributed by atoms with E-state index in [1.807, 2.05) is 13.0 Å². The Balaban J connectivity index is 2.48. The Hall–Kier alpha value is -1.84. The first-order chi connectivity index (χ1) is 7.50. The van der Waals surface area contributed by atoms with Gasteiger partial charge in [0.25, 0.3) is 0 Å². The molecule has 0 saturated heterocycles. The van der Waals surface area contributed by atoms with Crippen molar-refractivity contribution in [2.24, 2.45) is 11.7 Å². The lowest BCUT2D eigenvalue weighted by molar-refractivity contribution is -0.132. The minimum Gasteiger partial charge on any atom is -0.369 e. The van der Waals surface area contributed by atoms with E-state index in [1.54, 1.807) is 13.1 Å². The van der Waals surface area contributed by atoms with Crippen molar-refractivity contribution in [1.82, 2.24) is 0 Å². The third-order valence-electron chi connectivity index (χ3n) is 2.91. The lowest BCUT2D eigenvalue weighted by Crippen LogP contribution is -2.44. The van der Waals surface area contributed by atoms with Crippen molar-refractivity contribution in [2.45, 2.75) is 13.3 Å². The molecule has 2 amide bonds. The number of fused-ring (bicyclic) bond motifs is 1. The molecule has 1 radical (unpaired) electrons. The standard InChI is InChI=1S/C12H13N2O2/c1-7-3-4-10-8(5-7)6-9(11(13)15)12(16)14(10)2/h4-5,9H,6H2,1-2H3,(H2,13,15). The fourth-order valence-electron chi connectivity index (χ4n) is 2.01. The SMILES string of the molecule is Cc1[c]cc2c(c1)CC(C(N)=O)C(=O)N2C. The Labute approximate surface area is 94.0 Å². The number of rotatable bonds is 1. The maximum atomic E-state index is 11.8. The number of nitrogens with zero attached hydrogens (tertiary/aromatic N) is 1. The first kappa shape index (κ1) is 10.7. The average molecular weight is 217 g/mol. The van der Waals surface area contributed by atoms with E-state index < -0.39 is 11.8 Å². The van der Waals surface area contributed by atoms with Crippen LogP contribution < -0.4 is 10.6 Å². The monoisotopic (exact) mass is 217 g/mol. The molecule has 2 rings (SSSR count). The summed E-state index contributed by atoms with van der Waals surface area (Å²) in [5.41, 5.74) is 8.00. The van der Waals surface area contributed by atoms with Crippen molar-refractivity contribution in [3.8, 4) is 0 Å². The van der Waals surface area contributed by atoms with Crippen LogP contribution in [0.5, 0.6) is 0 Å². The molecule has 0 bridgehead atoms. The molecule has 1 unspecified atom stereocenters. The van der Waals surface area contributed by atoms with Gasteiger partial charge in [-0.15, -0.1) is 0 Å². The van der Waals surface area contributed by atoms with Crippen LogP contribution in [0, 0.1) is 18.9 Å². The van der Waals surface area contributed by atoms with E-state index >= 15 is 0 Å². The molecule has 4 nitrogen and oxygen atoms in total. The number of amides is 2. The summed E-state index contributed by atoms with van der Waals surface area (Å²) in [6.07, 6.45) is 0.392. The second kappa shape index (κ2) is 3.63. The van der Waals surface area contributed by atoms with Gasteiger partial charge >= 0.3 is 0 Å². The topological polar surface area (TPSA) is 63.4 Å². The van der Waals surface area contributed by atoms with Gasteiger partial charge in [-0.05, 0) is 36.6 Å². The zero-order chi connectivity index (χ0) is 11.9. The third kappa shape index (κ3) is 1.56. The fraction of sp³-hybridized carbons (Fsp3) is 0.333. The molecule has 1 atom stereocenters. The number of primary amides is 1. The van der Waals surface area contributed by atoms with Gasteiger partial charge in [-0.1, -0.05) is 6.07 Å². The van der Waals surface area contributed by atoms with Gasteiger partial charge in [0.1, 0.15) is 5.92 Å². The van der Waals surface area contributed by atoms with Gasteiger partial charge in [0.2, 0.25) is 11.8 Å². The van der Waals surface area contributed by atoms with Crippen LogP contribution in [-0.2, 0) is 16.0 Å². The number of aryl methyl sites for hydroxylation is 1. The van der Waals surface area contributed by atoms with Gasteiger partial charge in [0.15, 0.2) is 0 Å². The molecule has 0 aromatic heterocycles. The number of hydrogen-bond donors (Lipinski definition) is 1. The fourth-order valence-corrected chi connectivity index (χ4v) is 2.01. The highest BCUT2D eigenvalue weighted by Gasteiger charge is 2.34. The Morgan fingerprint density at radius 3 is 2.94 bits per heavy atom. The molecule has 4 heteroatoms. The highest BCUT2D eigenvalue weighted by Crippen LogP contribution is 2.29. The predicted octanol–water partition coefficient (Wildman–Crippen LogP) is 0.416. The summed E-state index contributed by atoms with van der Waals surface area (Å²) >= 11 is 0. The average Bonchev–Trinajstić information content (AvgIpc) is 2.22. The van der Waals surface area contributed by atoms with Crippen molar-refractivity contribution < 1.29 is 9.59 Å². The van der Waals surface area contributed by atoms with Gasteiger partial charge in [0.05, 0.1) is 0 Å². The minimum atomic E-state index is -0.737. The summed E-state index contributed by atoms with van der Waals surface area (Å²) in [6.45, 7) is 1.93. The van der Waals surface area contributed by atoms with E-state index in [0.29, 0.717) is 6.42 Å². The largest absolute Gasteiger partial charge is 0.369 e.